The number of hydrogen-bond acceptors (Lipinski definition) is 4. The average molecular weight is 280 g/mol. The molecule has 2 aromatic rings. The number of nitrogens with zero attached hydrogens (tertiary/aromatic N) is 2. The van der Waals surface area contributed by atoms with E-state index in [0.29, 0.717) is 13.1 Å². The molecule has 1 aromatic heterocycles. The fourth-order valence-electron chi connectivity index (χ4n) is 1.93. The molecule has 0 radical (unpaired) electrons. The van der Waals surface area contributed by atoms with Crippen LogP contribution in [0.5, 0.6) is 0 Å². The number of hydrogen-bond donors (Lipinski definition) is 1. The summed E-state index contributed by atoms with van der Waals surface area (Å²) < 4.78 is 5.24. The third kappa shape index (κ3) is 3.56. The van der Waals surface area contributed by atoms with Crippen molar-refractivity contribution in [1.29, 1.82) is 0 Å². The zero-order valence-electron chi connectivity index (χ0n) is 11.1. The normalized spacial score (nSPS) is 12.9. The number of benzene rings is 1. The van der Waals surface area contributed by atoms with Crippen molar-refractivity contribution < 1.29 is 4.52 Å². The van der Waals surface area contributed by atoms with Crippen LogP contribution in [0.15, 0.2) is 34.9 Å². The molecule has 2 rings (SSSR count). The van der Waals surface area contributed by atoms with E-state index in [9.17, 15) is 0 Å². The number of rotatable bonds is 5. The maximum atomic E-state index is 6.02. The standard InChI is InChI=1S/C14H18ClN3O/c1-10(11-4-3-5-12(15)6-11)18(2)9-14-7-13(8-16)17-19-14/h3-7,10H,8-9,16H2,1-2H3. The predicted octanol–water partition coefficient (Wildman–Crippen LogP) is 2.98. The molecule has 19 heavy (non-hydrogen) atoms. The third-order valence-corrected chi connectivity index (χ3v) is 3.45. The Hall–Kier alpha value is -1.36. The molecule has 0 saturated heterocycles. The molecule has 0 aliphatic carbocycles. The highest BCUT2D eigenvalue weighted by atomic mass is 35.5. The van der Waals surface area contributed by atoms with Crippen molar-refractivity contribution in [3.8, 4) is 0 Å². The van der Waals surface area contributed by atoms with Crippen molar-refractivity contribution in [1.82, 2.24) is 10.1 Å². The SMILES string of the molecule is CC(c1cccc(Cl)c1)N(C)Cc1cc(CN)no1. The lowest BCUT2D eigenvalue weighted by Gasteiger charge is -2.23. The second-order valence-corrected chi connectivity index (χ2v) is 5.07. The Labute approximate surface area is 118 Å². The van der Waals surface area contributed by atoms with Gasteiger partial charge in [-0.1, -0.05) is 28.9 Å². The molecule has 0 bridgehead atoms. The minimum absolute atomic E-state index is 0.241. The van der Waals surface area contributed by atoms with E-state index >= 15 is 0 Å². The van der Waals surface area contributed by atoms with Gasteiger partial charge in [-0.25, -0.2) is 0 Å². The van der Waals surface area contributed by atoms with E-state index in [2.05, 4.69) is 23.0 Å². The van der Waals surface area contributed by atoms with Crippen molar-refractivity contribution in [2.45, 2.75) is 26.1 Å². The van der Waals surface area contributed by atoms with Gasteiger partial charge < -0.3 is 10.3 Å². The molecule has 102 valence electrons. The molecule has 0 amide bonds. The largest absolute Gasteiger partial charge is 0.360 e. The Morgan fingerprint density at radius 2 is 2.21 bits per heavy atom. The molecule has 1 unspecified atom stereocenters. The van der Waals surface area contributed by atoms with E-state index in [4.69, 9.17) is 21.9 Å². The monoisotopic (exact) mass is 279 g/mol. The number of aromatic nitrogens is 1. The lowest BCUT2D eigenvalue weighted by Crippen LogP contribution is -2.21. The molecule has 0 spiro atoms. The van der Waals surface area contributed by atoms with Gasteiger partial charge in [0, 0.05) is 23.7 Å². The second kappa shape index (κ2) is 6.19. The summed E-state index contributed by atoms with van der Waals surface area (Å²) in [6, 6.07) is 10.0. The maximum Gasteiger partial charge on any atom is 0.151 e. The molecule has 0 aliphatic heterocycles. The Morgan fingerprint density at radius 3 is 2.84 bits per heavy atom. The smallest absolute Gasteiger partial charge is 0.151 e. The first-order valence-corrected chi connectivity index (χ1v) is 6.58. The van der Waals surface area contributed by atoms with Crippen molar-refractivity contribution in [3.05, 3.63) is 52.4 Å². The summed E-state index contributed by atoms with van der Waals surface area (Å²) >= 11 is 6.02. The average Bonchev–Trinajstić information content (AvgIpc) is 2.85. The predicted molar refractivity (Wildman–Crippen MR) is 75.7 cm³/mol. The maximum absolute atomic E-state index is 6.02. The second-order valence-electron chi connectivity index (χ2n) is 4.63. The zero-order valence-corrected chi connectivity index (χ0v) is 11.9. The minimum atomic E-state index is 0.241. The van der Waals surface area contributed by atoms with Gasteiger partial charge in [-0.15, -0.1) is 0 Å². The first kappa shape index (κ1) is 14.1. The molecule has 2 N–H and O–H groups in total. The van der Waals surface area contributed by atoms with E-state index in [-0.39, 0.29) is 6.04 Å². The molecular formula is C14H18ClN3O. The molecule has 0 aliphatic rings. The van der Waals surface area contributed by atoms with Gasteiger partial charge in [-0.3, -0.25) is 4.90 Å². The highest BCUT2D eigenvalue weighted by molar-refractivity contribution is 6.30. The quantitative estimate of drug-likeness (QED) is 0.914. The molecular weight excluding hydrogens is 262 g/mol. The molecule has 4 nitrogen and oxygen atoms in total. The van der Waals surface area contributed by atoms with Gasteiger partial charge >= 0.3 is 0 Å². The zero-order chi connectivity index (χ0) is 13.8. The lowest BCUT2D eigenvalue weighted by atomic mass is 10.1. The van der Waals surface area contributed by atoms with E-state index in [1.165, 1.54) is 5.56 Å². The van der Waals surface area contributed by atoms with Crippen LogP contribution in [0.2, 0.25) is 5.02 Å². The Bertz CT molecular complexity index is 541. The summed E-state index contributed by atoms with van der Waals surface area (Å²) in [6.45, 7) is 3.21. The first-order valence-electron chi connectivity index (χ1n) is 6.20. The van der Waals surface area contributed by atoms with Crippen LogP contribution in [0.1, 0.15) is 30.0 Å². The van der Waals surface area contributed by atoms with Gasteiger partial charge in [0.2, 0.25) is 0 Å². The van der Waals surface area contributed by atoms with Gasteiger partial charge in [-0.05, 0) is 31.7 Å². The van der Waals surface area contributed by atoms with Crippen molar-refractivity contribution >= 4 is 11.6 Å². The summed E-state index contributed by atoms with van der Waals surface area (Å²) in [5.74, 6) is 0.817. The van der Waals surface area contributed by atoms with Crippen LogP contribution in [0, 0.1) is 0 Å². The highest BCUT2D eigenvalue weighted by Gasteiger charge is 2.14. The van der Waals surface area contributed by atoms with Gasteiger partial charge in [0.25, 0.3) is 0 Å². The van der Waals surface area contributed by atoms with Crippen LogP contribution in [0.3, 0.4) is 0 Å². The van der Waals surface area contributed by atoms with E-state index in [1.54, 1.807) is 0 Å². The van der Waals surface area contributed by atoms with E-state index in [0.717, 1.165) is 16.5 Å². The third-order valence-electron chi connectivity index (χ3n) is 3.21. The van der Waals surface area contributed by atoms with Crippen LogP contribution in [0.4, 0.5) is 0 Å². The van der Waals surface area contributed by atoms with Crippen LogP contribution in [-0.2, 0) is 13.1 Å². The topological polar surface area (TPSA) is 55.3 Å². The lowest BCUT2D eigenvalue weighted by molar-refractivity contribution is 0.220. The fraction of sp³-hybridized carbons (Fsp3) is 0.357. The van der Waals surface area contributed by atoms with Crippen LogP contribution in [-0.4, -0.2) is 17.1 Å². The number of nitrogens with two attached hydrogens (primary N) is 1. The van der Waals surface area contributed by atoms with E-state index < -0.39 is 0 Å². The Morgan fingerprint density at radius 1 is 1.42 bits per heavy atom. The Kier molecular flexibility index (Phi) is 4.58. The highest BCUT2D eigenvalue weighted by Crippen LogP contribution is 2.23. The van der Waals surface area contributed by atoms with E-state index in [1.807, 2.05) is 31.3 Å². The fourth-order valence-corrected chi connectivity index (χ4v) is 2.13. The molecule has 0 saturated carbocycles. The summed E-state index contributed by atoms with van der Waals surface area (Å²) in [5, 5.41) is 4.64. The summed E-state index contributed by atoms with van der Waals surface area (Å²) in [4.78, 5) is 2.17. The van der Waals surface area contributed by atoms with Gasteiger partial charge in [0.15, 0.2) is 5.76 Å². The van der Waals surface area contributed by atoms with Gasteiger partial charge in [-0.2, -0.15) is 0 Å². The molecule has 1 aromatic carbocycles. The summed E-state index contributed by atoms with van der Waals surface area (Å²) in [5.41, 5.74) is 7.46. The van der Waals surface area contributed by atoms with Crippen molar-refractivity contribution in [3.63, 3.8) is 0 Å². The Balaban J connectivity index is 2.04. The summed E-state index contributed by atoms with van der Waals surface area (Å²) in [6.07, 6.45) is 0. The molecule has 1 heterocycles. The molecule has 1 atom stereocenters. The van der Waals surface area contributed by atoms with Crippen molar-refractivity contribution in [2.75, 3.05) is 7.05 Å². The summed E-state index contributed by atoms with van der Waals surface area (Å²) in [7, 11) is 2.04. The minimum Gasteiger partial charge on any atom is -0.360 e. The first-order chi connectivity index (χ1) is 9.10. The van der Waals surface area contributed by atoms with Crippen LogP contribution < -0.4 is 5.73 Å². The van der Waals surface area contributed by atoms with Crippen LogP contribution in [0.25, 0.3) is 0 Å². The van der Waals surface area contributed by atoms with Crippen LogP contribution >= 0.6 is 11.6 Å². The van der Waals surface area contributed by atoms with Crippen molar-refractivity contribution in [2.24, 2.45) is 5.73 Å². The van der Waals surface area contributed by atoms with Gasteiger partial charge in [0.1, 0.15) is 0 Å². The molecule has 5 heteroatoms. The molecule has 0 fully saturated rings. The van der Waals surface area contributed by atoms with Gasteiger partial charge in [0.05, 0.1) is 12.2 Å². The number of halogens is 1.